The van der Waals surface area contributed by atoms with Crippen LogP contribution in [0.4, 0.5) is 0 Å². The Morgan fingerprint density at radius 2 is 1.88 bits per heavy atom. The minimum atomic E-state index is 0.779. The third-order valence-corrected chi connectivity index (χ3v) is 3.49. The Labute approximate surface area is 108 Å². The van der Waals surface area contributed by atoms with Crippen LogP contribution in [-0.4, -0.2) is 30.6 Å². The van der Waals surface area contributed by atoms with Gasteiger partial charge in [-0.25, -0.2) is 4.98 Å². The summed E-state index contributed by atoms with van der Waals surface area (Å²) in [6.07, 6.45) is 0.916. The number of rotatable bonds is 5. The zero-order chi connectivity index (χ0) is 12.7. The molecule has 0 fully saturated rings. The number of hydrogen-bond acceptors (Lipinski definition) is 3. The molecule has 0 aliphatic carbocycles. The van der Waals surface area contributed by atoms with Crippen molar-refractivity contribution in [3.05, 3.63) is 15.6 Å². The highest BCUT2D eigenvalue weighted by Crippen LogP contribution is 2.16. The minimum Gasteiger partial charge on any atom is -0.357 e. The molecule has 0 atom stereocenters. The van der Waals surface area contributed by atoms with Gasteiger partial charge in [-0.05, 0) is 27.7 Å². The third kappa shape index (κ3) is 4.73. The standard InChI is InChI=1S/C12H22N4S/c1-5-13-12(14-6-2)15-8-7-11-16-9(3)10(4)17-11/h5-8H2,1-4H3,(H2,13,14,15). The highest BCUT2D eigenvalue weighted by atomic mass is 32.1. The lowest BCUT2D eigenvalue weighted by Gasteiger charge is -2.08. The molecule has 4 nitrogen and oxygen atoms in total. The fourth-order valence-corrected chi connectivity index (χ4v) is 2.34. The molecule has 0 aliphatic rings. The van der Waals surface area contributed by atoms with Gasteiger partial charge >= 0.3 is 0 Å². The fraction of sp³-hybridized carbons (Fsp3) is 0.667. The van der Waals surface area contributed by atoms with Gasteiger partial charge in [0.2, 0.25) is 0 Å². The fourth-order valence-electron chi connectivity index (χ4n) is 1.42. The van der Waals surface area contributed by atoms with E-state index in [2.05, 4.69) is 48.3 Å². The molecular formula is C12H22N4S. The van der Waals surface area contributed by atoms with Crippen LogP contribution in [-0.2, 0) is 6.42 Å². The molecule has 1 heterocycles. The van der Waals surface area contributed by atoms with E-state index in [9.17, 15) is 0 Å². The third-order valence-electron chi connectivity index (χ3n) is 2.36. The van der Waals surface area contributed by atoms with Gasteiger partial charge in [-0.3, -0.25) is 4.99 Å². The van der Waals surface area contributed by atoms with E-state index in [1.165, 1.54) is 9.88 Å². The summed E-state index contributed by atoms with van der Waals surface area (Å²) in [6.45, 7) is 10.9. The van der Waals surface area contributed by atoms with Crippen LogP contribution in [0.5, 0.6) is 0 Å². The normalized spacial score (nSPS) is 10.1. The second-order valence-corrected chi connectivity index (χ2v) is 5.08. The first kappa shape index (κ1) is 14.0. The summed E-state index contributed by atoms with van der Waals surface area (Å²) in [4.78, 5) is 10.3. The first-order valence-corrected chi connectivity index (χ1v) is 6.94. The summed E-state index contributed by atoms with van der Waals surface area (Å²) in [5, 5.41) is 7.59. The van der Waals surface area contributed by atoms with Crippen LogP contribution < -0.4 is 10.6 Å². The number of thiazole rings is 1. The van der Waals surface area contributed by atoms with Crippen LogP contribution in [0.3, 0.4) is 0 Å². The first-order chi connectivity index (χ1) is 8.17. The molecule has 1 aromatic heterocycles. The van der Waals surface area contributed by atoms with E-state index in [0.717, 1.165) is 37.7 Å². The van der Waals surface area contributed by atoms with Gasteiger partial charge in [0.1, 0.15) is 0 Å². The van der Waals surface area contributed by atoms with Crippen molar-refractivity contribution in [2.75, 3.05) is 19.6 Å². The molecule has 0 bridgehead atoms. The van der Waals surface area contributed by atoms with Crippen molar-refractivity contribution in [3.63, 3.8) is 0 Å². The van der Waals surface area contributed by atoms with Crippen LogP contribution in [0.15, 0.2) is 4.99 Å². The molecule has 0 amide bonds. The van der Waals surface area contributed by atoms with Crippen molar-refractivity contribution in [1.82, 2.24) is 15.6 Å². The lowest BCUT2D eigenvalue weighted by Crippen LogP contribution is -2.37. The van der Waals surface area contributed by atoms with E-state index in [1.54, 1.807) is 11.3 Å². The molecule has 0 unspecified atom stereocenters. The average molecular weight is 254 g/mol. The van der Waals surface area contributed by atoms with E-state index < -0.39 is 0 Å². The summed E-state index contributed by atoms with van der Waals surface area (Å²) in [5.41, 5.74) is 1.15. The van der Waals surface area contributed by atoms with Crippen molar-refractivity contribution in [2.24, 2.45) is 4.99 Å². The average Bonchev–Trinajstić information content (AvgIpc) is 2.59. The number of aromatic nitrogens is 1. The van der Waals surface area contributed by atoms with Crippen LogP contribution in [0.2, 0.25) is 0 Å². The molecule has 0 saturated heterocycles. The zero-order valence-electron chi connectivity index (χ0n) is 11.1. The van der Waals surface area contributed by atoms with Crippen molar-refractivity contribution < 1.29 is 0 Å². The van der Waals surface area contributed by atoms with Gasteiger partial charge in [0.05, 0.1) is 10.7 Å². The van der Waals surface area contributed by atoms with Gasteiger partial charge in [0.15, 0.2) is 5.96 Å². The number of nitrogens with one attached hydrogen (secondary N) is 2. The van der Waals surface area contributed by atoms with Gasteiger partial charge < -0.3 is 10.6 Å². The monoisotopic (exact) mass is 254 g/mol. The Morgan fingerprint density at radius 1 is 1.24 bits per heavy atom. The lowest BCUT2D eigenvalue weighted by atomic mass is 10.4. The minimum absolute atomic E-state index is 0.779. The summed E-state index contributed by atoms with van der Waals surface area (Å²) < 4.78 is 0. The maximum absolute atomic E-state index is 4.51. The molecular weight excluding hydrogens is 232 g/mol. The molecule has 17 heavy (non-hydrogen) atoms. The van der Waals surface area contributed by atoms with Crippen LogP contribution in [0.25, 0.3) is 0 Å². The number of guanidine groups is 1. The summed E-state index contributed by atoms with van der Waals surface area (Å²) in [6, 6.07) is 0. The summed E-state index contributed by atoms with van der Waals surface area (Å²) in [7, 11) is 0. The quantitative estimate of drug-likeness (QED) is 0.623. The Kier molecular flexibility index (Phi) is 5.97. The predicted molar refractivity (Wildman–Crippen MR) is 74.9 cm³/mol. The number of aliphatic imine (C=N–C) groups is 1. The predicted octanol–water partition coefficient (Wildman–Crippen LogP) is 1.88. The summed E-state index contributed by atoms with van der Waals surface area (Å²) >= 11 is 1.77. The van der Waals surface area contributed by atoms with Gasteiger partial charge in [0.25, 0.3) is 0 Å². The molecule has 0 saturated carbocycles. The maximum atomic E-state index is 4.51. The maximum Gasteiger partial charge on any atom is 0.191 e. The number of aryl methyl sites for hydroxylation is 2. The SMILES string of the molecule is CCNC(=NCCc1nc(C)c(C)s1)NCC. The Balaban J connectivity index is 2.46. The van der Waals surface area contributed by atoms with Crippen LogP contribution in [0.1, 0.15) is 29.4 Å². The Bertz CT molecular complexity index is 343. The topological polar surface area (TPSA) is 49.3 Å². The summed E-state index contributed by atoms with van der Waals surface area (Å²) in [5.74, 6) is 0.889. The highest BCUT2D eigenvalue weighted by Gasteiger charge is 2.03. The van der Waals surface area contributed by atoms with Gasteiger partial charge in [-0.2, -0.15) is 0 Å². The molecule has 2 N–H and O–H groups in total. The molecule has 96 valence electrons. The van der Waals surface area contributed by atoms with E-state index in [0.29, 0.717) is 0 Å². The van der Waals surface area contributed by atoms with Crippen LogP contribution >= 0.6 is 11.3 Å². The van der Waals surface area contributed by atoms with Crippen molar-refractivity contribution in [1.29, 1.82) is 0 Å². The molecule has 0 aromatic carbocycles. The van der Waals surface area contributed by atoms with Crippen molar-refractivity contribution in [2.45, 2.75) is 34.1 Å². The van der Waals surface area contributed by atoms with Gasteiger partial charge in [0, 0.05) is 30.9 Å². The van der Waals surface area contributed by atoms with Gasteiger partial charge in [-0.1, -0.05) is 0 Å². The first-order valence-electron chi connectivity index (χ1n) is 6.12. The largest absolute Gasteiger partial charge is 0.357 e. The smallest absolute Gasteiger partial charge is 0.191 e. The van der Waals surface area contributed by atoms with Crippen LogP contribution in [0, 0.1) is 13.8 Å². The van der Waals surface area contributed by atoms with E-state index in [-0.39, 0.29) is 0 Å². The zero-order valence-corrected chi connectivity index (χ0v) is 11.9. The molecule has 0 spiro atoms. The molecule has 1 rings (SSSR count). The second-order valence-electron chi connectivity index (χ2n) is 3.79. The van der Waals surface area contributed by atoms with E-state index >= 15 is 0 Å². The van der Waals surface area contributed by atoms with Crippen molar-refractivity contribution in [3.8, 4) is 0 Å². The van der Waals surface area contributed by atoms with Gasteiger partial charge in [-0.15, -0.1) is 11.3 Å². The lowest BCUT2D eigenvalue weighted by molar-refractivity contribution is 0.831. The molecule has 5 heteroatoms. The number of nitrogens with zero attached hydrogens (tertiary/aromatic N) is 2. The Hall–Kier alpha value is -1.10. The second kappa shape index (κ2) is 7.27. The number of hydrogen-bond donors (Lipinski definition) is 2. The molecule has 0 radical (unpaired) electrons. The Morgan fingerprint density at radius 3 is 2.35 bits per heavy atom. The molecule has 0 aliphatic heterocycles. The van der Waals surface area contributed by atoms with E-state index in [1.807, 2.05) is 0 Å². The highest BCUT2D eigenvalue weighted by molar-refractivity contribution is 7.11. The van der Waals surface area contributed by atoms with E-state index in [4.69, 9.17) is 0 Å². The molecule has 1 aromatic rings. The van der Waals surface area contributed by atoms with Crippen molar-refractivity contribution >= 4 is 17.3 Å².